The smallest absolute Gasteiger partial charge is 0.242 e. The SMILES string of the molecule is [B]NC(=O)CCCCCNC(=O)CN(CC(=O)NCCCCCC(=O)CC)CC(=O)N[C@@H](CCC(=O)NCCCCCC(=O)N([B])[B])C(=O)NCCCCCC(=O)N([B])[B]. The van der Waals surface area contributed by atoms with Crippen LogP contribution in [0, 0.1) is 0 Å². The van der Waals surface area contributed by atoms with Crippen molar-refractivity contribution in [1.82, 2.24) is 46.2 Å². The lowest BCUT2D eigenvalue weighted by atomic mass is 10.1. The van der Waals surface area contributed by atoms with Gasteiger partial charge in [0.15, 0.2) is 11.8 Å². The first-order chi connectivity index (χ1) is 28.6. The predicted molar refractivity (Wildman–Crippen MR) is 229 cm³/mol. The normalized spacial score (nSPS) is 11.2. The zero-order chi connectivity index (χ0) is 45.1. The van der Waals surface area contributed by atoms with Crippen molar-refractivity contribution in [1.29, 1.82) is 0 Å². The van der Waals surface area contributed by atoms with Crippen LogP contribution in [-0.4, -0.2) is 159 Å². The van der Waals surface area contributed by atoms with Gasteiger partial charge in [-0.15, -0.1) is 0 Å². The van der Waals surface area contributed by atoms with Gasteiger partial charge < -0.3 is 41.3 Å². The number of Topliss-reactive ketones (excluding diaryl/α,β-unsaturated/α-hetero) is 1. The summed E-state index contributed by atoms with van der Waals surface area (Å²) in [6.45, 7) is 1.95. The molecule has 18 nitrogen and oxygen atoms in total. The number of unbranched alkanes of at least 4 members (excludes halogenated alkanes) is 8. The zero-order valence-corrected chi connectivity index (χ0v) is 35.4. The first-order valence-corrected chi connectivity index (χ1v) is 20.8. The minimum absolute atomic E-state index is 0.0597. The largest absolute Gasteiger partial charge is 0.449 e. The first-order valence-electron chi connectivity index (χ1n) is 20.8. The van der Waals surface area contributed by atoms with E-state index in [1.165, 1.54) is 4.90 Å². The van der Waals surface area contributed by atoms with Crippen molar-refractivity contribution in [2.75, 3.05) is 45.8 Å². The van der Waals surface area contributed by atoms with E-state index in [1.54, 1.807) is 0 Å². The van der Waals surface area contributed by atoms with Crippen LogP contribution >= 0.6 is 0 Å². The highest BCUT2D eigenvalue weighted by Gasteiger charge is 2.24. The second kappa shape index (κ2) is 35.5. The molecule has 23 heteroatoms. The van der Waals surface area contributed by atoms with E-state index < -0.39 is 48.0 Å². The lowest BCUT2D eigenvalue weighted by Gasteiger charge is -2.23. The van der Waals surface area contributed by atoms with Crippen LogP contribution in [-0.2, 0) is 43.2 Å². The quantitative estimate of drug-likeness (QED) is 0.0314. The molecule has 0 heterocycles. The fraction of sp³-hybridized carbons (Fsp3) is 0.757. The van der Waals surface area contributed by atoms with Crippen molar-refractivity contribution in [3.63, 3.8) is 0 Å². The second-order valence-corrected chi connectivity index (χ2v) is 14.4. The van der Waals surface area contributed by atoms with Gasteiger partial charge in [-0.25, -0.2) is 0 Å². The lowest BCUT2D eigenvalue weighted by Crippen LogP contribution is -2.52. The number of nitrogens with one attached hydrogen (secondary N) is 6. The Morgan fingerprint density at radius 2 is 0.883 bits per heavy atom. The Morgan fingerprint density at radius 3 is 1.33 bits per heavy atom. The molecule has 0 rings (SSSR count). The van der Waals surface area contributed by atoms with Gasteiger partial charge >= 0.3 is 0 Å². The average molecular weight is 831 g/mol. The third-order valence-corrected chi connectivity index (χ3v) is 9.16. The summed E-state index contributed by atoms with van der Waals surface area (Å²) in [7, 11) is 26.0. The van der Waals surface area contributed by atoms with Gasteiger partial charge in [-0.2, -0.15) is 0 Å². The second-order valence-electron chi connectivity index (χ2n) is 14.4. The summed E-state index contributed by atoms with van der Waals surface area (Å²) in [6, 6.07) is -1.14. The molecule has 0 fully saturated rings. The highest BCUT2D eigenvalue weighted by atomic mass is 16.2. The molecule has 0 aliphatic heterocycles. The number of carbonyl (C=O) groups is 9. The minimum atomic E-state index is -1.14. The Balaban J connectivity index is 5.49. The van der Waals surface area contributed by atoms with Crippen molar-refractivity contribution >= 4 is 92.9 Å². The van der Waals surface area contributed by atoms with Crippen LogP contribution in [0.4, 0.5) is 0 Å². The Morgan fingerprint density at radius 1 is 0.467 bits per heavy atom. The Hall–Kier alpha value is -4.29. The number of amides is 8. The molecule has 6 N–H and O–H groups in total. The molecule has 8 amide bonds. The molecule has 0 aromatic rings. The molecule has 0 unspecified atom stereocenters. The molecular formula is C37H62B5N9O9. The molecule has 0 aromatic heterocycles. The van der Waals surface area contributed by atoms with E-state index in [1.807, 2.05) is 6.92 Å². The van der Waals surface area contributed by atoms with Crippen molar-refractivity contribution in [2.45, 2.75) is 135 Å². The molecule has 0 bridgehead atoms. The Labute approximate surface area is 362 Å². The zero-order valence-electron chi connectivity index (χ0n) is 35.4. The summed E-state index contributed by atoms with van der Waals surface area (Å²) >= 11 is 0. The molecule has 0 saturated heterocycles. The molecule has 60 heavy (non-hydrogen) atoms. The number of rotatable bonds is 36. The minimum Gasteiger partial charge on any atom is -0.449 e. The Bertz CT molecular complexity index is 1310. The maximum absolute atomic E-state index is 13.4. The molecule has 10 radical (unpaired) electrons. The fourth-order valence-electron chi connectivity index (χ4n) is 5.65. The molecule has 0 saturated carbocycles. The molecule has 1 atom stereocenters. The summed E-state index contributed by atoms with van der Waals surface area (Å²) in [6.07, 6.45) is 8.58. The van der Waals surface area contributed by atoms with Crippen molar-refractivity contribution in [2.24, 2.45) is 0 Å². The maximum atomic E-state index is 13.4. The van der Waals surface area contributed by atoms with Crippen LogP contribution in [0.15, 0.2) is 0 Å². The van der Waals surface area contributed by atoms with Crippen LogP contribution in [0.2, 0.25) is 0 Å². The lowest BCUT2D eigenvalue weighted by molar-refractivity contribution is -0.132. The number of carbonyl (C=O) groups excluding carboxylic acids is 9. The number of hydrogen-bond acceptors (Lipinski definition) is 10. The standard InChI is InChI=1S/C37H62B5N9O9/c1-2-28(52)15-7-3-11-22-44-32(55)25-49(26-33(56)45-23-12-4-8-16-31(54)48-38)27-34(57)47-29(37(60)46-24-14-6-10-18-36(59)51(41)42)19-20-30(53)43-21-13-5-9-17-35(58)50(39)40/h29H,2-27H2,1H3,(H,43,53)(H,44,55)(H,45,56)(H,46,60)(H,47,57)(H,48,54)/t29-/m0/s1. The van der Waals surface area contributed by atoms with E-state index in [0.717, 1.165) is 6.42 Å². The number of hydrogen-bond donors (Lipinski definition) is 6. The molecule has 0 aliphatic carbocycles. The van der Waals surface area contributed by atoms with Crippen LogP contribution in [0.3, 0.4) is 0 Å². The first kappa shape index (κ1) is 55.7. The van der Waals surface area contributed by atoms with Crippen molar-refractivity contribution in [3.05, 3.63) is 0 Å². The van der Waals surface area contributed by atoms with E-state index >= 15 is 0 Å². The van der Waals surface area contributed by atoms with Gasteiger partial charge in [-0.1, -0.05) is 32.6 Å². The third kappa shape index (κ3) is 31.6. The highest BCUT2D eigenvalue weighted by molar-refractivity contribution is 6.34. The molecule has 324 valence electrons. The van der Waals surface area contributed by atoms with E-state index in [-0.39, 0.29) is 69.3 Å². The maximum Gasteiger partial charge on any atom is 0.242 e. The third-order valence-electron chi connectivity index (χ3n) is 9.16. The van der Waals surface area contributed by atoms with Gasteiger partial charge in [0.1, 0.15) is 11.8 Å². The van der Waals surface area contributed by atoms with E-state index in [2.05, 4.69) is 31.8 Å². The van der Waals surface area contributed by atoms with E-state index in [9.17, 15) is 43.2 Å². The van der Waals surface area contributed by atoms with Crippen LogP contribution in [0.25, 0.3) is 0 Å². The van der Waals surface area contributed by atoms with Gasteiger partial charge in [0, 0.05) is 64.7 Å². The van der Waals surface area contributed by atoms with Crippen LogP contribution in [0.5, 0.6) is 0 Å². The van der Waals surface area contributed by atoms with Crippen molar-refractivity contribution < 1.29 is 43.2 Å². The molecular weight excluding hydrogens is 769 g/mol. The van der Waals surface area contributed by atoms with Crippen LogP contribution < -0.4 is 31.8 Å². The summed E-state index contributed by atoms with van der Waals surface area (Å²) in [4.78, 5) is 113. The van der Waals surface area contributed by atoms with E-state index in [0.29, 0.717) is 113 Å². The summed E-state index contributed by atoms with van der Waals surface area (Å²) in [5.74, 6) is -3.39. The summed E-state index contributed by atoms with van der Waals surface area (Å²) in [5, 5.41) is 15.8. The molecule has 0 aliphatic rings. The number of ketones is 1. The highest BCUT2D eigenvalue weighted by Crippen LogP contribution is 2.06. The van der Waals surface area contributed by atoms with Gasteiger partial charge in [-0.05, 0) is 57.8 Å². The van der Waals surface area contributed by atoms with Gasteiger partial charge in [0.25, 0.3) is 0 Å². The molecule has 0 aromatic carbocycles. The summed E-state index contributed by atoms with van der Waals surface area (Å²) < 4.78 is 1.05. The van der Waals surface area contributed by atoms with Crippen LogP contribution in [0.1, 0.15) is 129 Å². The monoisotopic (exact) mass is 832 g/mol. The van der Waals surface area contributed by atoms with Gasteiger partial charge in [0.05, 0.1) is 19.6 Å². The summed E-state index contributed by atoms with van der Waals surface area (Å²) in [5.41, 5.74) is 0. The van der Waals surface area contributed by atoms with Gasteiger partial charge in [-0.3, -0.25) is 48.1 Å². The molecule has 0 spiro atoms. The average Bonchev–Trinajstić information content (AvgIpc) is 3.20. The number of nitrogens with zero attached hydrogens (tertiary/aromatic N) is 3. The van der Waals surface area contributed by atoms with E-state index in [4.69, 9.17) is 39.9 Å². The fourth-order valence-corrected chi connectivity index (χ4v) is 5.65. The topological polar surface area (TPSA) is 236 Å². The predicted octanol–water partition coefficient (Wildman–Crippen LogP) is -1.57. The van der Waals surface area contributed by atoms with Crippen molar-refractivity contribution in [3.8, 4) is 0 Å². The van der Waals surface area contributed by atoms with Gasteiger partial charge in [0.2, 0.25) is 75.3 Å². The Kier molecular flexibility index (Phi) is 32.9.